The van der Waals surface area contributed by atoms with Crippen LogP contribution in [0.3, 0.4) is 0 Å². The van der Waals surface area contributed by atoms with E-state index < -0.39 is 5.95 Å². The summed E-state index contributed by atoms with van der Waals surface area (Å²) in [6, 6.07) is 0. The SMILES string of the molecule is COC(OC)=C(O)O. The predicted molar refractivity (Wildman–Crippen MR) is 26.3 cm³/mol. The maximum Gasteiger partial charge on any atom is 0.363 e. The third-order valence-corrected chi connectivity index (χ3v) is 0.553. The maximum absolute atomic E-state index is 8.20. The van der Waals surface area contributed by atoms with Crippen LogP contribution in [-0.2, 0) is 9.47 Å². The lowest BCUT2D eigenvalue weighted by molar-refractivity contribution is 0.0375. The quantitative estimate of drug-likeness (QED) is 0.521. The highest BCUT2D eigenvalue weighted by Crippen LogP contribution is 1.97. The Morgan fingerprint density at radius 1 is 1.12 bits per heavy atom. The summed E-state index contributed by atoms with van der Waals surface area (Å²) < 4.78 is 8.64. The number of ether oxygens (including phenoxy) is 2. The van der Waals surface area contributed by atoms with Gasteiger partial charge in [-0.3, -0.25) is 0 Å². The first-order chi connectivity index (χ1) is 3.72. The molecule has 0 fully saturated rings. The molecule has 0 aromatic carbocycles. The normalized spacial score (nSPS) is 7.75. The Hall–Kier alpha value is -1.06. The monoisotopic (exact) mass is 120 g/mol. The van der Waals surface area contributed by atoms with Gasteiger partial charge in [-0.15, -0.1) is 0 Å². The molecule has 0 aliphatic heterocycles. The number of aliphatic hydroxyl groups is 2. The van der Waals surface area contributed by atoms with Crippen molar-refractivity contribution >= 4 is 0 Å². The maximum atomic E-state index is 8.20. The molecule has 0 amide bonds. The zero-order valence-corrected chi connectivity index (χ0v) is 4.71. The van der Waals surface area contributed by atoms with E-state index in [-0.39, 0.29) is 5.95 Å². The minimum atomic E-state index is -0.949. The van der Waals surface area contributed by atoms with Gasteiger partial charge in [-0.1, -0.05) is 0 Å². The third-order valence-electron chi connectivity index (χ3n) is 0.553. The Morgan fingerprint density at radius 2 is 1.50 bits per heavy atom. The molecule has 48 valence electrons. The molecule has 0 spiro atoms. The van der Waals surface area contributed by atoms with Crippen molar-refractivity contribution in [2.45, 2.75) is 0 Å². The lowest BCUT2D eigenvalue weighted by atomic mass is 10.9. The number of methoxy groups -OCH3 is 2. The molecule has 0 aromatic rings. The number of hydrogen-bond acceptors (Lipinski definition) is 4. The fourth-order valence-electron chi connectivity index (χ4n) is 0.266. The standard InChI is InChI=1S/C4H8O4/c1-7-4(8-2)3(5)6/h5-6H,1-2H3. The molecule has 0 aliphatic carbocycles. The smallest absolute Gasteiger partial charge is 0.363 e. The van der Waals surface area contributed by atoms with Crippen molar-refractivity contribution in [3.05, 3.63) is 11.9 Å². The summed E-state index contributed by atoms with van der Waals surface area (Å²) in [6.07, 6.45) is 0. The lowest BCUT2D eigenvalue weighted by Gasteiger charge is -2.00. The minimum absolute atomic E-state index is 0.287. The van der Waals surface area contributed by atoms with Crippen molar-refractivity contribution in [2.75, 3.05) is 14.2 Å². The Balaban J connectivity index is 3.86. The molecule has 0 aromatic heterocycles. The molecule has 0 aliphatic rings. The molecule has 8 heavy (non-hydrogen) atoms. The van der Waals surface area contributed by atoms with E-state index in [1.54, 1.807) is 0 Å². The van der Waals surface area contributed by atoms with Gasteiger partial charge in [-0.05, 0) is 0 Å². The molecule has 0 heterocycles. The van der Waals surface area contributed by atoms with E-state index >= 15 is 0 Å². The van der Waals surface area contributed by atoms with Gasteiger partial charge in [0.15, 0.2) is 0 Å². The summed E-state index contributed by atoms with van der Waals surface area (Å²) in [6.45, 7) is 0. The fourth-order valence-corrected chi connectivity index (χ4v) is 0.266. The van der Waals surface area contributed by atoms with Gasteiger partial charge in [-0.25, -0.2) is 0 Å². The molecular weight excluding hydrogens is 112 g/mol. The Bertz CT molecular complexity index is 86.2. The highest BCUT2D eigenvalue weighted by molar-refractivity contribution is 4.79. The average Bonchev–Trinajstić information content (AvgIpc) is 1.69. The largest absolute Gasteiger partial charge is 0.476 e. The Morgan fingerprint density at radius 3 is 1.50 bits per heavy atom. The molecule has 0 atom stereocenters. The van der Waals surface area contributed by atoms with Crippen LogP contribution in [0.15, 0.2) is 11.9 Å². The zero-order valence-electron chi connectivity index (χ0n) is 4.71. The van der Waals surface area contributed by atoms with Crippen LogP contribution in [0, 0.1) is 0 Å². The van der Waals surface area contributed by atoms with Gasteiger partial charge in [0.05, 0.1) is 14.2 Å². The summed E-state index contributed by atoms with van der Waals surface area (Å²) >= 11 is 0. The molecule has 0 saturated heterocycles. The van der Waals surface area contributed by atoms with Crippen molar-refractivity contribution in [3.63, 3.8) is 0 Å². The summed E-state index contributed by atoms with van der Waals surface area (Å²) in [5.41, 5.74) is 0. The molecular formula is C4H8O4. The lowest BCUT2D eigenvalue weighted by Crippen LogP contribution is -1.94. The van der Waals surface area contributed by atoms with Gasteiger partial charge < -0.3 is 19.7 Å². The summed E-state index contributed by atoms with van der Waals surface area (Å²) in [7, 11) is 2.54. The van der Waals surface area contributed by atoms with Crippen LogP contribution in [0.5, 0.6) is 0 Å². The minimum Gasteiger partial charge on any atom is -0.476 e. The second-order valence-corrected chi connectivity index (χ2v) is 1.02. The topological polar surface area (TPSA) is 58.9 Å². The van der Waals surface area contributed by atoms with Gasteiger partial charge in [0.25, 0.3) is 0 Å². The van der Waals surface area contributed by atoms with Gasteiger partial charge >= 0.3 is 11.9 Å². The van der Waals surface area contributed by atoms with Gasteiger partial charge in [-0.2, -0.15) is 0 Å². The molecule has 2 N–H and O–H groups in total. The van der Waals surface area contributed by atoms with Crippen LogP contribution in [0.25, 0.3) is 0 Å². The van der Waals surface area contributed by atoms with Gasteiger partial charge in [0.1, 0.15) is 0 Å². The van der Waals surface area contributed by atoms with Gasteiger partial charge in [0.2, 0.25) is 0 Å². The Kier molecular flexibility index (Phi) is 2.61. The first-order valence-corrected chi connectivity index (χ1v) is 1.92. The molecule has 0 rings (SSSR count). The molecule has 0 radical (unpaired) electrons. The van der Waals surface area contributed by atoms with Crippen molar-refractivity contribution in [2.24, 2.45) is 0 Å². The highest BCUT2D eigenvalue weighted by atomic mass is 16.7. The average molecular weight is 120 g/mol. The third kappa shape index (κ3) is 1.59. The summed E-state index contributed by atoms with van der Waals surface area (Å²) in [5.74, 6) is -1.24. The van der Waals surface area contributed by atoms with E-state index in [9.17, 15) is 0 Å². The van der Waals surface area contributed by atoms with E-state index in [2.05, 4.69) is 9.47 Å². The number of hydrogen-bond donors (Lipinski definition) is 2. The van der Waals surface area contributed by atoms with E-state index in [1.807, 2.05) is 0 Å². The molecule has 0 unspecified atom stereocenters. The zero-order chi connectivity index (χ0) is 6.57. The molecule has 0 bridgehead atoms. The van der Waals surface area contributed by atoms with E-state index in [0.29, 0.717) is 0 Å². The van der Waals surface area contributed by atoms with Crippen molar-refractivity contribution in [1.29, 1.82) is 0 Å². The van der Waals surface area contributed by atoms with Crippen molar-refractivity contribution in [1.82, 2.24) is 0 Å². The van der Waals surface area contributed by atoms with E-state index in [1.165, 1.54) is 14.2 Å². The van der Waals surface area contributed by atoms with Gasteiger partial charge in [0, 0.05) is 0 Å². The van der Waals surface area contributed by atoms with E-state index in [4.69, 9.17) is 10.2 Å². The second kappa shape index (κ2) is 3.01. The van der Waals surface area contributed by atoms with Crippen LogP contribution >= 0.6 is 0 Å². The van der Waals surface area contributed by atoms with Crippen LogP contribution in [0.2, 0.25) is 0 Å². The highest BCUT2D eigenvalue weighted by Gasteiger charge is 2.00. The van der Waals surface area contributed by atoms with Crippen LogP contribution < -0.4 is 0 Å². The first kappa shape index (κ1) is 6.94. The predicted octanol–water partition coefficient (Wildman–Crippen LogP) is 0.522. The molecule has 4 nitrogen and oxygen atoms in total. The summed E-state index contributed by atoms with van der Waals surface area (Å²) in [5, 5.41) is 16.4. The van der Waals surface area contributed by atoms with Crippen LogP contribution in [0.1, 0.15) is 0 Å². The Labute approximate surface area is 47.0 Å². The number of aliphatic hydroxyl groups excluding tert-OH is 1. The van der Waals surface area contributed by atoms with Crippen LogP contribution in [-0.4, -0.2) is 24.4 Å². The molecule has 0 saturated carbocycles. The molecule has 4 heteroatoms. The fraction of sp³-hybridized carbons (Fsp3) is 0.500. The van der Waals surface area contributed by atoms with Crippen molar-refractivity contribution in [3.8, 4) is 0 Å². The first-order valence-electron chi connectivity index (χ1n) is 1.92. The van der Waals surface area contributed by atoms with Crippen LogP contribution in [0.4, 0.5) is 0 Å². The van der Waals surface area contributed by atoms with E-state index in [0.717, 1.165) is 0 Å². The summed E-state index contributed by atoms with van der Waals surface area (Å²) in [4.78, 5) is 0. The van der Waals surface area contributed by atoms with Crippen molar-refractivity contribution < 1.29 is 19.7 Å². The number of rotatable bonds is 2. The second-order valence-electron chi connectivity index (χ2n) is 1.02.